The van der Waals surface area contributed by atoms with Crippen molar-refractivity contribution in [2.24, 2.45) is 16.6 Å². The van der Waals surface area contributed by atoms with Crippen LogP contribution in [0.5, 0.6) is 0 Å². The van der Waals surface area contributed by atoms with Crippen LogP contribution in [0.3, 0.4) is 0 Å². The highest BCUT2D eigenvalue weighted by molar-refractivity contribution is 6.09. The van der Waals surface area contributed by atoms with E-state index in [0.29, 0.717) is 49.2 Å². The number of anilines is 1. The smallest absolute Gasteiger partial charge is 0.183 e. The third kappa shape index (κ3) is 5.11. The van der Waals surface area contributed by atoms with Crippen LogP contribution < -0.4 is 10.6 Å². The molecule has 0 spiro atoms. The molecular weight excluding hydrogens is 460 g/mol. The van der Waals surface area contributed by atoms with Gasteiger partial charge < -0.3 is 10.6 Å². The maximum Gasteiger partial charge on any atom is 0.183 e. The molecule has 2 N–H and O–H groups in total. The van der Waals surface area contributed by atoms with E-state index in [4.69, 9.17) is 5.73 Å². The molecule has 2 aromatic heterocycles. The highest BCUT2D eigenvalue weighted by Gasteiger charge is 2.24. The van der Waals surface area contributed by atoms with Gasteiger partial charge in [-0.1, -0.05) is 36.4 Å². The van der Waals surface area contributed by atoms with Gasteiger partial charge in [0.15, 0.2) is 17.5 Å². The molecule has 1 saturated heterocycles. The molecule has 5 rings (SSSR count). The van der Waals surface area contributed by atoms with E-state index in [2.05, 4.69) is 26.6 Å². The third-order valence-electron chi connectivity index (χ3n) is 6.70. The summed E-state index contributed by atoms with van der Waals surface area (Å²) in [5, 5.41) is 4.68. The number of allylic oxidation sites excluding steroid dienone is 1. The zero-order valence-corrected chi connectivity index (χ0v) is 20.1. The first-order chi connectivity index (χ1) is 17.5. The van der Waals surface area contributed by atoms with Crippen LogP contribution in [-0.4, -0.2) is 51.6 Å². The number of piperidine rings is 1. The van der Waals surface area contributed by atoms with Crippen molar-refractivity contribution >= 4 is 11.5 Å². The monoisotopic (exact) mass is 489 g/mol. The normalized spacial score (nSPS) is 16.0. The number of nitrogens with zero attached hydrogens (tertiary/aromatic N) is 6. The molecule has 0 unspecified atom stereocenters. The SMILES string of the molecule is C=C(CN)CC1CCN(c2nc(-c3cc(C4=NCC=C4)n(Cc4ccccc4F)n3)ncc2F)CC1. The predicted molar refractivity (Wildman–Crippen MR) is 137 cm³/mol. The van der Waals surface area contributed by atoms with Crippen LogP contribution in [0.15, 0.2) is 65.8 Å². The van der Waals surface area contributed by atoms with E-state index in [1.807, 2.05) is 23.1 Å². The van der Waals surface area contributed by atoms with Crippen molar-refractivity contribution in [3.63, 3.8) is 0 Å². The molecule has 0 atom stereocenters. The van der Waals surface area contributed by atoms with E-state index in [1.54, 1.807) is 22.9 Å². The molecule has 186 valence electrons. The van der Waals surface area contributed by atoms with Crippen LogP contribution in [0.2, 0.25) is 0 Å². The maximum absolute atomic E-state index is 14.8. The summed E-state index contributed by atoms with van der Waals surface area (Å²) >= 11 is 0. The number of hydrogen-bond donors (Lipinski definition) is 1. The van der Waals surface area contributed by atoms with Crippen molar-refractivity contribution in [3.05, 3.63) is 83.7 Å². The topological polar surface area (TPSA) is 85.2 Å². The van der Waals surface area contributed by atoms with Gasteiger partial charge in [0.1, 0.15) is 11.5 Å². The van der Waals surface area contributed by atoms with Gasteiger partial charge in [-0.15, -0.1) is 0 Å². The lowest BCUT2D eigenvalue weighted by molar-refractivity contribution is 0.397. The Bertz CT molecular complexity index is 1320. The summed E-state index contributed by atoms with van der Waals surface area (Å²) in [6.07, 6.45) is 7.81. The van der Waals surface area contributed by atoms with Crippen LogP contribution in [0.1, 0.15) is 30.5 Å². The standard InChI is InChI=1S/C27H29F2N7/c1-18(15-30)13-19-8-11-35(12-9-19)27-22(29)16-32-26(33-27)24-14-25(23-7-4-10-31-23)36(34-24)17-20-5-2-3-6-21(20)28/h2-7,14,16,19H,1,8-13,15,17,30H2. The Morgan fingerprint density at radius 2 is 1.94 bits per heavy atom. The molecule has 1 fully saturated rings. The van der Waals surface area contributed by atoms with Crippen molar-refractivity contribution in [1.82, 2.24) is 19.7 Å². The molecule has 3 aromatic rings. The molecule has 1 aromatic carbocycles. The number of aromatic nitrogens is 4. The summed E-state index contributed by atoms with van der Waals surface area (Å²) in [6.45, 7) is 6.72. The van der Waals surface area contributed by atoms with Crippen molar-refractivity contribution in [1.29, 1.82) is 0 Å². The molecule has 0 saturated carbocycles. The second kappa shape index (κ2) is 10.5. The summed E-state index contributed by atoms with van der Waals surface area (Å²) in [5.74, 6) is 0.333. The Balaban J connectivity index is 1.42. The molecule has 2 aliphatic rings. The first-order valence-electron chi connectivity index (χ1n) is 12.2. The third-order valence-corrected chi connectivity index (χ3v) is 6.70. The minimum Gasteiger partial charge on any atom is -0.354 e. The van der Waals surface area contributed by atoms with Gasteiger partial charge in [0, 0.05) is 25.2 Å². The van der Waals surface area contributed by atoms with Gasteiger partial charge in [0.05, 0.1) is 30.7 Å². The molecule has 0 aliphatic carbocycles. The molecule has 0 bridgehead atoms. The number of hydrogen-bond acceptors (Lipinski definition) is 6. The van der Waals surface area contributed by atoms with Crippen molar-refractivity contribution < 1.29 is 8.78 Å². The molecule has 2 aliphatic heterocycles. The minimum atomic E-state index is -0.460. The Morgan fingerprint density at radius 1 is 1.14 bits per heavy atom. The highest BCUT2D eigenvalue weighted by atomic mass is 19.1. The summed E-state index contributed by atoms with van der Waals surface area (Å²) in [4.78, 5) is 15.3. The van der Waals surface area contributed by atoms with Gasteiger partial charge in [-0.05, 0) is 43.4 Å². The number of rotatable bonds is 8. The molecule has 0 radical (unpaired) electrons. The fourth-order valence-electron chi connectivity index (χ4n) is 4.72. The Labute approximate surface area is 209 Å². The van der Waals surface area contributed by atoms with Crippen molar-refractivity contribution in [2.45, 2.75) is 25.8 Å². The number of aliphatic imine (C=N–C) groups is 1. The van der Waals surface area contributed by atoms with Crippen molar-refractivity contribution in [2.75, 3.05) is 31.1 Å². The fraction of sp³-hybridized carbons (Fsp3) is 0.333. The molecular formula is C27H29F2N7. The molecule has 0 amide bonds. The van der Waals surface area contributed by atoms with Crippen LogP contribution in [0.4, 0.5) is 14.6 Å². The lowest BCUT2D eigenvalue weighted by Gasteiger charge is -2.33. The molecule has 4 heterocycles. The Kier molecular flexibility index (Phi) is 6.99. The van der Waals surface area contributed by atoms with Gasteiger partial charge in [0.2, 0.25) is 0 Å². The van der Waals surface area contributed by atoms with E-state index < -0.39 is 5.82 Å². The van der Waals surface area contributed by atoms with Crippen LogP contribution in [0.25, 0.3) is 11.5 Å². The molecule has 36 heavy (non-hydrogen) atoms. The summed E-state index contributed by atoms with van der Waals surface area (Å²) < 4.78 is 30.9. The second-order valence-electron chi connectivity index (χ2n) is 9.25. The van der Waals surface area contributed by atoms with Gasteiger partial charge in [-0.3, -0.25) is 9.67 Å². The zero-order valence-electron chi connectivity index (χ0n) is 20.1. The Morgan fingerprint density at radius 3 is 2.67 bits per heavy atom. The van der Waals surface area contributed by atoms with E-state index in [9.17, 15) is 8.78 Å². The first kappa shape index (κ1) is 24.0. The van der Waals surface area contributed by atoms with Gasteiger partial charge in [-0.25, -0.2) is 18.7 Å². The maximum atomic E-state index is 14.8. The van der Waals surface area contributed by atoms with Crippen molar-refractivity contribution in [3.8, 4) is 11.5 Å². The lowest BCUT2D eigenvalue weighted by Crippen LogP contribution is -2.35. The molecule has 7 nitrogen and oxygen atoms in total. The van der Waals surface area contributed by atoms with Gasteiger partial charge in [-0.2, -0.15) is 5.10 Å². The first-order valence-corrected chi connectivity index (χ1v) is 12.2. The summed E-state index contributed by atoms with van der Waals surface area (Å²) in [5.41, 5.74) is 9.23. The van der Waals surface area contributed by atoms with E-state index in [1.165, 1.54) is 12.3 Å². The average molecular weight is 490 g/mol. The fourth-order valence-corrected chi connectivity index (χ4v) is 4.72. The Hall–Kier alpha value is -3.72. The van der Waals surface area contributed by atoms with Crippen LogP contribution in [-0.2, 0) is 6.54 Å². The molecule has 9 heteroatoms. The average Bonchev–Trinajstić information content (AvgIpc) is 3.56. The summed E-state index contributed by atoms with van der Waals surface area (Å²) in [7, 11) is 0. The quantitative estimate of drug-likeness (QED) is 0.481. The van der Waals surface area contributed by atoms with Crippen LogP contribution in [0, 0.1) is 17.6 Å². The minimum absolute atomic E-state index is 0.227. The van der Waals surface area contributed by atoms with E-state index >= 15 is 0 Å². The lowest BCUT2D eigenvalue weighted by atomic mass is 9.90. The zero-order chi connectivity index (χ0) is 25.1. The second-order valence-corrected chi connectivity index (χ2v) is 9.25. The predicted octanol–water partition coefficient (Wildman–Crippen LogP) is 4.15. The van der Waals surface area contributed by atoms with E-state index in [0.717, 1.165) is 36.2 Å². The van der Waals surface area contributed by atoms with Gasteiger partial charge >= 0.3 is 0 Å². The van der Waals surface area contributed by atoms with E-state index in [-0.39, 0.29) is 18.2 Å². The number of benzene rings is 1. The largest absolute Gasteiger partial charge is 0.354 e. The number of halogens is 2. The van der Waals surface area contributed by atoms with Crippen LogP contribution >= 0.6 is 0 Å². The summed E-state index contributed by atoms with van der Waals surface area (Å²) in [6, 6.07) is 8.43. The highest BCUT2D eigenvalue weighted by Crippen LogP contribution is 2.29. The van der Waals surface area contributed by atoms with Gasteiger partial charge in [0.25, 0.3) is 0 Å². The number of nitrogens with two attached hydrogens (primary N) is 1.